The Labute approximate surface area is 135 Å². The molecule has 0 aromatic rings. The molecule has 0 spiro atoms. The van der Waals surface area contributed by atoms with Gasteiger partial charge in [-0.05, 0) is 19.3 Å². The number of carbonyl (C=O) groups is 4. The molecule has 2 atom stereocenters. The minimum Gasteiger partial charge on any atom is -0.334 e. The van der Waals surface area contributed by atoms with Crippen molar-refractivity contribution >= 4 is 23.6 Å². The van der Waals surface area contributed by atoms with Gasteiger partial charge in [0.2, 0.25) is 23.6 Å². The van der Waals surface area contributed by atoms with Crippen LogP contribution in [0.5, 0.6) is 0 Å². The van der Waals surface area contributed by atoms with Gasteiger partial charge < -0.3 is 10.2 Å². The zero-order chi connectivity index (χ0) is 17.3. The third-order valence-electron chi connectivity index (χ3n) is 4.29. The first-order chi connectivity index (χ1) is 10.7. The van der Waals surface area contributed by atoms with Crippen LogP contribution in [0.1, 0.15) is 40.5 Å². The van der Waals surface area contributed by atoms with Crippen molar-refractivity contribution in [1.82, 2.24) is 20.2 Å². The average Bonchev–Trinajstić information content (AvgIpc) is 3.00. The predicted molar refractivity (Wildman–Crippen MR) is 81.4 cm³/mol. The van der Waals surface area contributed by atoms with E-state index in [1.807, 2.05) is 13.8 Å². The molecule has 2 rings (SSSR count). The van der Waals surface area contributed by atoms with Crippen molar-refractivity contribution in [2.75, 3.05) is 13.1 Å². The molecule has 0 radical (unpaired) electrons. The van der Waals surface area contributed by atoms with E-state index in [0.29, 0.717) is 19.4 Å². The predicted octanol–water partition coefficient (Wildman–Crippen LogP) is -0.299. The maximum atomic E-state index is 12.7. The van der Waals surface area contributed by atoms with Crippen molar-refractivity contribution in [2.45, 2.75) is 52.7 Å². The van der Waals surface area contributed by atoms with Crippen LogP contribution in [0.15, 0.2) is 0 Å². The van der Waals surface area contributed by atoms with Crippen molar-refractivity contribution in [3.8, 4) is 0 Å². The Morgan fingerprint density at radius 2 is 2.00 bits per heavy atom. The summed E-state index contributed by atoms with van der Waals surface area (Å²) < 4.78 is 0. The van der Waals surface area contributed by atoms with Crippen LogP contribution >= 0.6 is 0 Å². The summed E-state index contributed by atoms with van der Waals surface area (Å²) >= 11 is 0. The summed E-state index contributed by atoms with van der Waals surface area (Å²) in [6.45, 7) is 7.02. The van der Waals surface area contributed by atoms with Crippen LogP contribution < -0.4 is 5.32 Å². The van der Waals surface area contributed by atoms with Gasteiger partial charge >= 0.3 is 0 Å². The quantitative estimate of drug-likeness (QED) is 0.769. The highest BCUT2D eigenvalue weighted by molar-refractivity contribution is 5.93. The third-order valence-corrected chi connectivity index (χ3v) is 4.29. The number of amides is 4. The molecule has 2 heterocycles. The van der Waals surface area contributed by atoms with Crippen LogP contribution in [0.4, 0.5) is 0 Å². The first kappa shape index (κ1) is 17.2. The molecule has 0 aromatic heterocycles. The minimum absolute atomic E-state index is 0.0482. The molecule has 8 heteroatoms. The van der Waals surface area contributed by atoms with Crippen LogP contribution in [0.3, 0.4) is 0 Å². The van der Waals surface area contributed by atoms with Gasteiger partial charge in [0, 0.05) is 19.9 Å². The Kier molecular flexibility index (Phi) is 4.91. The second-order valence-electron chi connectivity index (χ2n) is 6.37. The maximum Gasteiger partial charge on any atom is 0.246 e. The van der Waals surface area contributed by atoms with Crippen molar-refractivity contribution in [3.63, 3.8) is 0 Å². The van der Waals surface area contributed by atoms with Gasteiger partial charge in [0.15, 0.2) is 0 Å². The Balaban J connectivity index is 2.16. The molecule has 8 nitrogen and oxygen atoms in total. The number of hydrogen-bond acceptors (Lipinski definition) is 4. The minimum atomic E-state index is -0.585. The molecule has 23 heavy (non-hydrogen) atoms. The summed E-state index contributed by atoms with van der Waals surface area (Å²) in [5, 5.41) is 5.32. The highest BCUT2D eigenvalue weighted by Gasteiger charge is 2.42. The SMILES string of the molecule is CC(=O)N(CC(=O)N1C(C)C(=O)NC1C(C)C)N1CCCC1=O. The lowest BCUT2D eigenvalue weighted by atomic mass is 10.1. The molecule has 0 aliphatic carbocycles. The molecule has 2 aliphatic rings. The molecular weight excluding hydrogens is 300 g/mol. The molecule has 2 unspecified atom stereocenters. The fourth-order valence-corrected chi connectivity index (χ4v) is 3.03. The molecule has 2 fully saturated rings. The monoisotopic (exact) mass is 324 g/mol. The smallest absolute Gasteiger partial charge is 0.246 e. The second kappa shape index (κ2) is 6.55. The van der Waals surface area contributed by atoms with Crippen LogP contribution in [0, 0.1) is 5.92 Å². The molecule has 4 amide bonds. The van der Waals surface area contributed by atoms with Gasteiger partial charge in [-0.3, -0.25) is 24.2 Å². The lowest BCUT2D eigenvalue weighted by molar-refractivity contribution is -0.163. The fraction of sp³-hybridized carbons (Fsp3) is 0.733. The van der Waals surface area contributed by atoms with Gasteiger partial charge in [-0.25, -0.2) is 5.01 Å². The van der Waals surface area contributed by atoms with E-state index in [4.69, 9.17) is 0 Å². The number of rotatable bonds is 4. The standard InChI is InChI=1S/C15H24N4O4/c1-9(2)14-16-15(23)10(3)19(14)13(22)8-18(11(4)20)17-7-5-6-12(17)21/h9-10,14H,5-8H2,1-4H3,(H,16,23). The molecule has 1 N–H and O–H groups in total. The fourth-order valence-electron chi connectivity index (χ4n) is 3.03. The number of carbonyl (C=O) groups excluding carboxylic acids is 4. The number of nitrogens with zero attached hydrogens (tertiary/aromatic N) is 3. The molecule has 2 saturated heterocycles. The van der Waals surface area contributed by atoms with Gasteiger partial charge in [-0.2, -0.15) is 0 Å². The summed E-state index contributed by atoms with van der Waals surface area (Å²) in [6.07, 6.45) is 0.659. The van der Waals surface area contributed by atoms with E-state index in [9.17, 15) is 19.2 Å². The molecule has 2 aliphatic heterocycles. The Morgan fingerprint density at radius 1 is 1.35 bits per heavy atom. The van der Waals surface area contributed by atoms with E-state index in [1.54, 1.807) is 6.92 Å². The third kappa shape index (κ3) is 3.30. The Hall–Kier alpha value is -2.12. The van der Waals surface area contributed by atoms with Crippen molar-refractivity contribution < 1.29 is 19.2 Å². The molecule has 0 aromatic carbocycles. The van der Waals surface area contributed by atoms with Crippen molar-refractivity contribution in [1.29, 1.82) is 0 Å². The Bertz CT molecular complexity index is 534. The highest BCUT2D eigenvalue weighted by atomic mass is 16.2. The van der Waals surface area contributed by atoms with Crippen LogP contribution in [-0.4, -0.2) is 63.8 Å². The number of nitrogens with one attached hydrogen (secondary N) is 1. The van der Waals surface area contributed by atoms with Crippen molar-refractivity contribution in [2.24, 2.45) is 5.92 Å². The number of hydrogen-bond donors (Lipinski definition) is 1. The molecule has 0 bridgehead atoms. The summed E-state index contributed by atoms with van der Waals surface area (Å²) in [4.78, 5) is 49.8. The second-order valence-corrected chi connectivity index (χ2v) is 6.37. The van der Waals surface area contributed by atoms with Gasteiger partial charge in [-0.1, -0.05) is 13.8 Å². The summed E-state index contributed by atoms with van der Waals surface area (Å²) in [7, 11) is 0. The van der Waals surface area contributed by atoms with Crippen LogP contribution in [0.2, 0.25) is 0 Å². The highest BCUT2D eigenvalue weighted by Crippen LogP contribution is 2.20. The van der Waals surface area contributed by atoms with Gasteiger partial charge in [0.25, 0.3) is 0 Å². The van der Waals surface area contributed by atoms with Crippen LogP contribution in [0.25, 0.3) is 0 Å². The summed E-state index contributed by atoms with van der Waals surface area (Å²) in [5.74, 6) is -1.02. The van der Waals surface area contributed by atoms with Gasteiger partial charge in [0.05, 0.1) is 0 Å². The van der Waals surface area contributed by atoms with E-state index in [-0.39, 0.29) is 36.1 Å². The summed E-state index contributed by atoms with van der Waals surface area (Å²) in [5.41, 5.74) is 0. The molecule has 0 saturated carbocycles. The lowest BCUT2D eigenvalue weighted by Crippen LogP contribution is -2.54. The zero-order valence-electron chi connectivity index (χ0n) is 14.0. The van der Waals surface area contributed by atoms with E-state index >= 15 is 0 Å². The van der Waals surface area contributed by atoms with Crippen molar-refractivity contribution in [3.05, 3.63) is 0 Å². The largest absolute Gasteiger partial charge is 0.334 e. The summed E-state index contributed by atoms with van der Waals surface area (Å²) in [6, 6.07) is -0.585. The normalized spacial score (nSPS) is 24.4. The van der Waals surface area contributed by atoms with Gasteiger partial charge in [0.1, 0.15) is 18.8 Å². The zero-order valence-corrected chi connectivity index (χ0v) is 14.0. The lowest BCUT2D eigenvalue weighted by Gasteiger charge is -2.34. The van der Waals surface area contributed by atoms with Gasteiger partial charge in [-0.15, -0.1) is 0 Å². The first-order valence-electron chi connectivity index (χ1n) is 7.94. The molecule has 128 valence electrons. The Morgan fingerprint density at radius 3 is 2.48 bits per heavy atom. The topological polar surface area (TPSA) is 90.0 Å². The van der Waals surface area contributed by atoms with E-state index in [0.717, 1.165) is 0 Å². The average molecular weight is 324 g/mol. The van der Waals surface area contributed by atoms with Crippen LogP contribution in [-0.2, 0) is 19.2 Å². The first-order valence-corrected chi connectivity index (χ1v) is 7.94. The molecular formula is C15H24N4O4. The van der Waals surface area contributed by atoms with E-state index < -0.39 is 12.2 Å². The maximum absolute atomic E-state index is 12.7. The van der Waals surface area contributed by atoms with E-state index in [2.05, 4.69) is 5.32 Å². The van der Waals surface area contributed by atoms with E-state index in [1.165, 1.54) is 21.8 Å². The number of hydrazine groups is 1.